The molecule has 96 valence electrons. The Hall–Kier alpha value is -2.05. The van der Waals surface area contributed by atoms with Crippen LogP contribution in [0.15, 0.2) is 29.3 Å². The summed E-state index contributed by atoms with van der Waals surface area (Å²) in [4.78, 5) is 14.2. The first-order valence-electron chi connectivity index (χ1n) is 4.99. The molecule has 1 unspecified atom stereocenters. The third-order valence-electron chi connectivity index (χ3n) is 2.45. The molecule has 0 radical (unpaired) electrons. The maximum absolute atomic E-state index is 12.3. The van der Waals surface area contributed by atoms with E-state index in [2.05, 4.69) is 4.99 Å². The van der Waals surface area contributed by atoms with E-state index in [4.69, 9.17) is 9.84 Å². The van der Waals surface area contributed by atoms with Gasteiger partial charge in [0.25, 0.3) is 5.90 Å². The second kappa shape index (κ2) is 4.32. The van der Waals surface area contributed by atoms with Gasteiger partial charge < -0.3 is 9.84 Å². The van der Waals surface area contributed by atoms with Crippen LogP contribution in [0.5, 0.6) is 0 Å². The highest BCUT2D eigenvalue weighted by atomic mass is 19.4. The third kappa shape index (κ3) is 2.44. The maximum Gasteiger partial charge on any atom is 0.416 e. The fourth-order valence-electron chi connectivity index (χ4n) is 1.55. The molecule has 0 saturated heterocycles. The van der Waals surface area contributed by atoms with Gasteiger partial charge in [0.1, 0.15) is 6.10 Å². The van der Waals surface area contributed by atoms with E-state index in [0.29, 0.717) is 5.56 Å². The largest absolute Gasteiger partial charge is 0.474 e. The summed E-state index contributed by atoms with van der Waals surface area (Å²) >= 11 is 0. The molecular formula is C11H8F3NO3. The van der Waals surface area contributed by atoms with Crippen molar-refractivity contribution in [1.29, 1.82) is 0 Å². The molecule has 1 atom stereocenters. The average molecular weight is 259 g/mol. The Morgan fingerprint density at radius 3 is 2.39 bits per heavy atom. The minimum atomic E-state index is -4.39. The zero-order valence-corrected chi connectivity index (χ0v) is 8.94. The molecule has 0 fully saturated rings. The first-order valence-corrected chi connectivity index (χ1v) is 4.99. The number of carbonyl (C=O) groups is 1. The highest BCUT2D eigenvalue weighted by molar-refractivity contribution is 6.32. The number of alkyl halides is 3. The molecular weight excluding hydrogens is 251 g/mol. The predicted octanol–water partition coefficient (Wildman–Crippen LogP) is 2.26. The quantitative estimate of drug-likeness (QED) is 0.886. The van der Waals surface area contributed by atoms with Crippen LogP contribution in [0.1, 0.15) is 17.2 Å². The topological polar surface area (TPSA) is 58.9 Å². The van der Waals surface area contributed by atoms with E-state index in [1.54, 1.807) is 0 Å². The Labute approximate surface area is 99.7 Å². The minimum Gasteiger partial charge on any atom is -0.474 e. The summed E-state index contributed by atoms with van der Waals surface area (Å²) in [5.74, 6) is -1.70. The number of carboxylic acids is 1. The van der Waals surface area contributed by atoms with Crippen molar-refractivity contribution < 1.29 is 27.8 Å². The van der Waals surface area contributed by atoms with E-state index in [1.165, 1.54) is 12.1 Å². The standard InChI is InChI=1S/C11H8F3NO3/c12-11(13,14)7-3-1-6(2-4-7)8-5-15-9(18-8)10(16)17/h1-4,8H,5H2,(H,16,17). The molecule has 18 heavy (non-hydrogen) atoms. The molecule has 1 aromatic carbocycles. The number of rotatable bonds is 2. The Balaban J connectivity index is 2.11. The SMILES string of the molecule is O=C(O)C1=NCC(c2ccc(C(F)(F)F)cc2)O1. The van der Waals surface area contributed by atoms with Crippen molar-refractivity contribution >= 4 is 11.9 Å². The fraction of sp³-hybridized carbons (Fsp3) is 0.273. The van der Waals surface area contributed by atoms with Crippen LogP contribution in [0.3, 0.4) is 0 Å². The van der Waals surface area contributed by atoms with Gasteiger partial charge in [-0.05, 0) is 17.7 Å². The van der Waals surface area contributed by atoms with Gasteiger partial charge >= 0.3 is 12.1 Å². The molecule has 1 aromatic rings. The summed E-state index contributed by atoms with van der Waals surface area (Å²) in [5, 5.41) is 8.62. The summed E-state index contributed by atoms with van der Waals surface area (Å²) in [5.41, 5.74) is -0.299. The van der Waals surface area contributed by atoms with Crippen molar-refractivity contribution in [1.82, 2.24) is 0 Å². The van der Waals surface area contributed by atoms with Crippen LogP contribution in [-0.4, -0.2) is 23.5 Å². The normalized spacial score (nSPS) is 19.3. The molecule has 0 amide bonds. The zero-order chi connectivity index (χ0) is 13.3. The molecule has 2 rings (SSSR count). The number of halogens is 3. The van der Waals surface area contributed by atoms with Gasteiger partial charge in [-0.15, -0.1) is 0 Å². The van der Waals surface area contributed by atoms with E-state index in [1.807, 2.05) is 0 Å². The Morgan fingerprint density at radius 2 is 1.94 bits per heavy atom. The van der Waals surface area contributed by atoms with Crippen LogP contribution >= 0.6 is 0 Å². The molecule has 1 aliphatic rings. The summed E-state index contributed by atoms with van der Waals surface area (Å²) in [6.07, 6.45) is -5.03. The third-order valence-corrected chi connectivity index (χ3v) is 2.45. The van der Waals surface area contributed by atoms with Crippen LogP contribution in [0, 0.1) is 0 Å². The van der Waals surface area contributed by atoms with E-state index in [9.17, 15) is 18.0 Å². The number of hydrogen-bond acceptors (Lipinski definition) is 3. The molecule has 0 aromatic heterocycles. The Kier molecular flexibility index (Phi) is 2.98. The fourth-order valence-corrected chi connectivity index (χ4v) is 1.55. The van der Waals surface area contributed by atoms with Crippen molar-refractivity contribution in [2.75, 3.05) is 6.54 Å². The minimum absolute atomic E-state index is 0.0903. The van der Waals surface area contributed by atoms with Crippen LogP contribution in [0.25, 0.3) is 0 Å². The van der Waals surface area contributed by atoms with Crippen molar-refractivity contribution in [3.8, 4) is 0 Å². The molecule has 1 heterocycles. The van der Waals surface area contributed by atoms with E-state index >= 15 is 0 Å². The van der Waals surface area contributed by atoms with Crippen molar-refractivity contribution in [3.63, 3.8) is 0 Å². The van der Waals surface area contributed by atoms with Gasteiger partial charge in [0.15, 0.2) is 0 Å². The lowest BCUT2D eigenvalue weighted by atomic mass is 10.1. The van der Waals surface area contributed by atoms with Crippen LogP contribution in [-0.2, 0) is 15.7 Å². The molecule has 0 spiro atoms. The first kappa shape index (κ1) is 12.4. The highest BCUT2D eigenvalue weighted by Crippen LogP contribution is 2.31. The summed E-state index contributed by atoms with van der Waals surface area (Å²) in [6.45, 7) is 0.0903. The van der Waals surface area contributed by atoms with E-state index < -0.39 is 29.7 Å². The molecule has 1 aliphatic heterocycles. The van der Waals surface area contributed by atoms with Gasteiger partial charge in [-0.1, -0.05) is 12.1 Å². The molecule has 0 saturated carbocycles. The first-order chi connectivity index (χ1) is 8.38. The molecule has 1 N–H and O–H groups in total. The van der Waals surface area contributed by atoms with Gasteiger partial charge in [0, 0.05) is 0 Å². The van der Waals surface area contributed by atoms with Crippen molar-refractivity contribution in [2.45, 2.75) is 12.3 Å². The Morgan fingerprint density at radius 1 is 1.33 bits per heavy atom. The predicted molar refractivity (Wildman–Crippen MR) is 55.2 cm³/mol. The van der Waals surface area contributed by atoms with E-state index in [0.717, 1.165) is 12.1 Å². The number of nitrogens with zero attached hydrogens (tertiary/aromatic N) is 1. The lowest BCUT2D eigenvalue weighted by Gasteiger charge is -2.12. The number of benzene rings is 1. The van der Waals surface area contributed by atoms with E-state index in [-0.39, 0.29) is 6.54 Å². The average Bonchev–Trinajstić information content (AvgIpc) is 2.77. The second-order valence-electron chi connectivity index (χ2n) is 3.68. The highest BCUT2D eigenvalue weighted by Gasteiger charge is 2.31. The number of hydrogen-bond donors (Lipinski definition) is 1. The zero-order valence-electron chi connectivity index (χ0n) is 8.94. The van der Waals surface area contributed by atoms with Crippen molar-refractivity contribution in [2.24, 2.45) is 4.99 Å². The van der Waals surface area contributed by atoms with Crippen LogP contribution < -0.4 is 0 Å². The summed E-state index contributed by atoms with van der Waals surface area (Å²) in [7, 11) is 0. The van der Waals surface area contributed by atoms with Gasteiger partial charge in [0.05, 0.1) is 12.1 Å². The van der Waals surface area contributed by atoms with Gasteiger partial charge in [-0.25, -0.2) is 9.79 Å². The maximum atomic E-state index is 12.3. The molecule has 0 bridgehead atoms. The Bertz CT molecular complexity index is 493. The number of aliphatic carboxylic acids is 1. The van der Waals surface area contributed by atoms with Gasteiger partial charge in [0.2, 0.25) is 0 Å². The monoisotopic (exact) mass is 259 g/mol. The van der Waals surface area contributed by atoms with Crippen molar-refractivity contribution in [3.05, 3.63) is 35.4 Å². The second-order valence-corrected chi connectivity index (χ2v) is 3.68. The van der Waals surface area contributed by atoms with Gasteiger partial charge in [-0.2, -0.15) is 13.2 Å². The number of ether oxygens (including phenoxy) is 1. The smallest absolute Gasteiger partial charge is 0.416 e. The summed E-state index contributed by atoms with van der Waals surface area (Å²) in [6, 6.07) is 4.37. The number of aliphatic imine (C=N–C) groups is 1. The lowest BCUT2D eigenvalue weighted by Crippen LogP contribution is -2.14. The van der Waals surface area contributed by atoms with Crippen LogP contribution in [0.4, 0.5) is 13.2 Å². The van der Waals surface area contributed by atoms with Crippen LogP contribution in [0.2, 0.25) is 0 Å². The lowest BCUT2D eigenvalue weighted by molar-refractivity contribution is -0.137. The summed E-state index contributed by atoms with van der Waals surface area (Å²) < 4.78 is 42.0. The molecule has 4 nitrogen and oxygen atoms in total. The molecule has 7 heteroatoms. The van der Waals surface area contributed by atoms with Gasteiger partial charge in [-0.3, -0.25) is 0 Å². The molecule has 0 aliphatic carbocycles. The number of carboxylic acid groups (broad SMARTS) is 1.